The molecule has 0 unspecified atom stereocenters. The average molecular weight is 338 g/mol. The summed E-state index contributed by atoms with van der Waals surface area (Å²) in [5.74, 6) is 0.523. The molecule has 25 heavy (non-hydrogen) atoms. The molecule has 1 aliphatic rings. The van der Waals surface area contributed by atoms with E-state index in [4.69, 9.17) is 4.74 Å². The number of carbonyl (C=O) groups excluding carboxylic acids is 2. The fourth-order valence-corrected chi connectivity index (χ4v) is 2.96. The molecule has 1 fully saturated rings. The predicted molar refractivity (Wildman–Crippen MR) is 97.3 cm³/mol. The zero-order chi connectivity index (χ0) is 17.8. The van der Waals surface area contributed by atoms with Crippen molar-refractivity contribution in [3.63, 3.8) is 0 Å². The second-order valence-electron chi connectivity index (χ2n) is 6.22. The van der Waals surface area contributed by atoms with Crippen LogP contribution in [0.15, 0.2) is 42.5 Å². The van der Waals surface area contributed by atoms with Gasteiger partial charge >= 0.3 is 0 Å². The van der Waals surface area contributed by atoms with E-state index < -0.39 is 0 Å². The molecule has 130 valence electrons. The Kier molecular flexibility index (Phi) is 5.03. The van der Waals surface area contributed by atoms with Gasteiger partial charge in [-0.1, -0.05) is 6.07 Å². The molecule has 0 radical (unpaired) electrons. The number of likely N-dealkylation sites (tertiary alicyclic amines) is 1. The summed E-state index contributed by atoms with van der Waals surface area (Å²) in [5, 5.41) is 2.85. The number of methoxy groups -OCH3 is 1. The lowest BCUT2D eigenvalue weighted by Crippen LogP contribution is -2.27. The lowest BCUT2D eigenvalue weighted by molar-refractivity contribution is 0.0792. The van der Waals surface area contributed by atoms with Crippen LogP contribution in [0.5, 0.6) is 5.75 Å². The molecular weight excluding hydrogens is 316 g/mol. The van der Waals surface area contributed by atoms with Gasteiger partial charge in [-0.15, -0.1) is 0 Å². The number of anilines is 1. The van der Waals surface area contributed by atoms with E-state index in [2.05, 4.69) is 5.32 Å². The van der Waals surface area contributed by atoms with Gasteiger partial charge < -0.3 is 15.0 Å². The second-order valence-corrected chi connectivity index (χ2v) is 6.22. The monoisotopic (exact) mass is 338 g/mol. The number of hydrogen-bond donors (Lipinski definition) is 1. The summed E-state index contributed by atoms with van der Waals surface area (Å²) in [5.41, 5.74) is 2.81. The quantitative estimate of drug-likeness (QED) is 0.928. The molecule has 1 heterocycles. The summed E-state index contributed by atoms with van der Waals surface area (Å²) in [6, 6.07) is 12.4. The van der Waals surface area contributed by atoms with E-state index in [1.54, 1.807) is 43.5 Å². The lowest BCUT2D eigenvalue weighted by Gasteiger charge is -2.15. The maximum absolute atomic E-state index is 12.4. The zero-order valence-electron chi connectivity index (χ0n) is 14.5. The summed E-state index contributed by atoms with van der Waals surface area (Å²) in [7, 11) is 1.58. The molecule has 0 bridgehead atoms. The Hall–Kier alpha value is -2.82. The molecule has 1 saturated heterocycles. The Labute approximate surface area is 147 Å². The number of aryl methyl sites for hydroxylation is 1. The van der Waals surface area contributed by atoms with Gasteiger partial charge in [0, 0.05) is 29.9 Å². The van der Waals surface area contributed by atoms with Gasteiger partial charge in [0.2, 0.25) is 0 Å². The topological polar surface area (TPSA) is 58.6 Å². The molecular formula is C20H22N2O3. The van der Waals surface area contributed by atoms with Crippen LogP contribution in [0.3, 0.4) is 0 Å². The number of hydrogen-bond acceptors (Lipinski definition) is 3. The van der Waals surface area contributed by atoms with Crippen molar-refractivity contribution in [3.05, 3.63) is 59.2 Å². The number of nitrogens with zero attached hydrogens (tertiary/aromatic N) is 1. The highest BCUT2D eigenvalue weighted by atomic mass is 16.5. The highest BCUT2D eigenvalue weighted by Crippen LogP contribution is 2.20. The van der Waals surface area contributed by atoms with Gasteiger partial charge in [0.1, 0.15) is 5.75 Å². The molecule has 0 saturated carbocycles. The fraction of sp³-hybridized carbons (Fsp3) is 0.300. The second kappa shape index (κ2) is 7.38. The van der Waals surface area contributed by atoms with Crippen molar-refractivity contribution >= 4 is 17.5 Å². The fourth-order valence-electron chi connectivity index (χ4n) is 2.96. The lowest BCUT2D eigenvalue weighted by atomic mass is 10.1. The van der Waals surface area contributed by atoms with Crippen LogP contribution in [0.4, 0.5) is 5.69 Å². The van der Waals surface area contributed by atoms with Crippen molar-refractivity contribution in [1.82, 2.24) is 4.90 Å². The van der Waals surface area contributed by atoms with Crippen molar-refractivity contribution in [2.24, 2.45) is 0 Å². The SMILES string of the molecule is COc1cc(C(=O)Nc2ccc(C(=O)N3CCCC3)cc2)ccc1C. The van der Waals surface area contributed by atoms with Crippen LogP contribution in [0, 0.1) is 6.92 Å². The van der Waals surface area contributed by atoms with Crippen molar-refractivity contribution in [2.45, 2.75) is 19.8 Å². The van der Waals surface area contributed by atoms with Gasteiger partial charge in [-0.05, 0) is 61.7 Å². The van der Waals surface area contributed by atoms with E-state index >= 15 is 0 Å². The van der Waals surface area contributed by atoms with E-state index in [-0.39, 0.29) is 11.8 Å². The van der Waals surface area contributed by atoms with Gasteiger partial charge in [-0.25, -0.2) is 0 Å². The summed E-state index contributed by atoms with van der Waals surface area (Å²) in [6.07, 6.45) is 2.14. The van der Waals surface area contributed by atoms with Crippen LogP contribution in [-0.4, -0.2) is 36.9 Å². The first-order valence-corrected chi connectivity index (χ1v) is 8.44. The third-order valence-corrected chi connectivity index (χ3v) is 4.45. The number of benzene rings is 2. The largest absolute Gasteiger partial charge is 0.496 e. The normalized spacial score (nSPS) is 13.6. The minimum Gasteiger partial charge on any atom is -0.496 e. The summed E-state index contributed by atoms with van der Waals surface area (Å²) < 4.78 is 5.25. The molecule has 5 nitrogen and oxygen atoms in total. The van der Waals surface area contributed by atoms with Gasteiger partial charge in [-0.3, -0.25) is 9.59 Å². The van der Waals surface area contributed by atoms with E-state index in [1.807, 2.05) is 17.9 Å². The number of carbonyl (C=O) groups is 2. The maximum atomic E-state index is 12.4. The first-order valence-electron chi connectivity index (χ1n) is 8.44. The van der Waals surface area contributed by atoms with Crippen LogP contribution in [0.25, 0.3) is 0 Å². The van der Waals surface area contributed by atoms with E-state index in [9.17, 15) is 9.59 Å². The summed E-state index contributed by atoms with van der Waals surface area (Å²) in [4.78, 5) is 26.6. The molecule has 2 amide bonds. The van der Waals surface area contributed by atoms with E-state index in [0.29, 0.717) is 22.6 Å². The Morgan fingerprint density at radius 2 is 1.64 bits per heavy atom. The van der Waals surface area contributed by atoms with Crippen LogP contribution >= 0.6 is 0 Å². The Morgan fingerprint density at radius 1 is 1.00 bits per heavy atom. The molecule has 0 aromatic heterocycles. The molecule has 0 atom stereocenters. The van der Waals surface area contributed by atoms with Gasteiger partial charge in [0.05, 0.1) is 7.11 Å². The van der Waals surface area contributed by atoms with Crippen LogP contribution < -0.4 is 10.1 Å². The number of rotatable bonds is 4. The van der Waals surface area contributed by atoms with Crippen molar-refractivity contribution in [3.8, 4) is 5.75 Å². The van der Waals surface area contributed by atoms with E-state index in [1.165, 1.54) is 0 Å². The van der Waals surface area contributed by atoms with Gasteiger partial charge in [0.15, 0.2) is 0 Å². The average Bonchev–Trinajstić information content (AvgIpc) is 3.16. The molecule has 5 heteroatoms. The molecule has 3 rings (SSSR count). The molecule has 1 aliphatic heterocycles. The Balaban J connectivity index is 1.68. The number of nitrogens with one attached hydrogen (secondary N) is 1. The molecule has 1 N–H and O–H groups in total. The van der Waals surface area contributed by atoms with Crippen LogP contribution in [0.2, 0.25) is 0 Å². The Bertz CT molecular complexity index is 778. The third kappa shape index (κ3) is 3.82. The highest BCUT2D eigenvalue weighted by Gasteiger charge is 2.19. The van der Waals surface area contributed by atoms with Crippen molar-refractivity contribution in [1.29, 1.82) is 0 Å². The van der Waals surface area contributed by atoms with Crippen LogP contribution in [0.1, 0.15) is 39.1 Å². The van der Waals surface area contributed by atoms with E-state index in [0.717, 1.165) is 31.5 Å². The first-order chi connectivity index (χ1) is 12.1. The number of ether oxygens (including phenoxy) is 1. The summed E-state index contributed by atoms with van der Waals surface area (Å²) in [6.45, 7) is 3.58. The predicted octanol–water partition coefficient (Wildman–Crippen LogP) is 3.49. The Morgan fingerprint density at radius 3 is 2.28 bits per heavy atom. The van der Waals surface area contributed by atoms with Crippen LogP contribution in [-0.2, 0) is 0 Å². The first kappa shape index (κ1) is 17.0. The molecule has 2 aromatic carbocycles. The van der Waals surface area contributed by atoms with Crippen molar-refractivity contribution < 1.29 is 14.3 Å². The minimum atomic E-state index is -0.211. The van der Waals surface area contributed by atoms with Gasteiger partial charge in [-0.2, -0.15) is 0 Å². The summed E-state index contributed by atoms with van der Waals surface area (Å²) >= 11 is 0. The molecule has 2 aromatic rings. The maximum Gasteiger partial charge on any atom is 0.255 e. The third-order valence-electron chi connectivity index (χ3n) is 4.45. The van der Waals surface area contributed by atoms with Crippen molar-refractivity contribution in [2.75, 3.05) is 25.5 Å². The highest BCUT2D eigenvalue weighted by molar-refractivity contribution is 6.05. The zero-order valence-corrected chi connectivity index (χ0v) is 14.5. The molecule has 0 spiro atoms. The minimum absolute atomic E-state index is 0.0543. The smallest absolute Gasteiger partial charge is 0.255 e. The molecule has 0 aliphatic carbocycles. The number of amides is 2. The standard InChI is InChI=1S/C20H22N2O3/c1-14-5-6-16(13-18(14)25-2)19(23)21-17-9-7-15(8-10-17)20(24)22-11-3-4-12-22/h5-10,13H,3-4,11-12H2,1-2H3,(H,21,23). The van der Waals surface area contributed by atoms with Gasteiger partial charge in [0.25, 0.3) is 11.8 Å².